The molecule has 0 amide bonds. The number of nitrogens with zero attached hydrogens (tertiary/aromatic N) is 3. The van der Waals surface area contributed by atoms with Crippen LogP contribution in [0.2, 0.25) is 0 Å². The van der Waals surface area contributed by atoms with Gasteiger partial charge >= 0.3 is 5.97 Å². The Labute approximate surface area is 146 Å². The molecule has 0 bridgehead atoms. The summed E-state index contributed by atoms with van der Waals surface area (Å²) in [6, 6.07) is 4.13. The highest BCUT2D eigenvalue weighted by molar-refractivity contribution is 5.95. The van der Waals surface area contributed by atoms with Gasteiger partial charge in [-0.15, -0.1) is 0 Å². The maximum absolute atomic E-state index is 13.5. The van der Waals surface area contributed by atoms with Gasteiger partial charge in [-0.1, -0.05) is 0 Å². The number of piperidine rings is 1. The molecule has 2 aromatic rings. The summed E-state index contributed by atoms with van der Waals surface area (Å²) in [5.74, 6) is -1.24. The number of aromatic carboxylic acids is 1. The molecule has 1 N–H and O–H groups in total. The monoisotopic (exact) mass is 343 g/mol. The predicted octanol–water partition coefficient (Wildman–Crippen LogP) is 3.57. The summed E-state index contributed by atoms with van der Waals surface area (Å²) in [6.07, 6.45) is 5.31. The molecule has 1 saturated heterocycles. The molecule has 0 saturated carbocycles. The lowest BCUT2D eigenvalue weighted by molar-refractivity contribution is 0.0697. The molecule has 3 rings (SSSR count). The molecule has 25 heavy (non-hydrogen) atoms. The first-order valence-electron chi connectivity index (χ1n) is 8.55. The molecule has 2 heterocycles. The van der Waals surface area contributed by atoms with Crippen molar-refractivity contribution in [1.82, 2.24) is 14.9 Å². The molecule has 1 aromatic carbocycles. The summed E-state index contributed by atoms with van der Waals surface area (Å²) >= 11 is 0. The molecule has 132 valence electrons. The van der Waals surface area contributed by atoms with Gasteiger partial charge in [0, 0.05) is 23.7 Å². The quantitative estimate of drug-likeness (QED) is 0.919. The van der Waals surface area contributed by atoms with Crippen LogP contribution in [0, 0.1) is 5.82 Å². The van der Waals surface area contributed by atoms with Crippen molar-refractivity contribution in [2.45, 2.75) is 38.6 Å². The van der Waals surface area contributed by atoms with Crippen molar-refractivity contribution >= 4 is 5.97 Å². The van der Waals surface area contributed by atoms with E-state index in [0.29, 0.717) is 17.7 Å². The van der Waals surface area contributed by atoms with Gasteiger partial charge < -0.3 is 10.0 Å². The Morgan fingerprint density at radius 2 is 1.96 bits per heavy atom. The van der Waals surface area contributed by atoms with Gasteiger partial charge in [0.15, 0.2) is 0 Å². The second-order valence-corrected chi connectivity index (χ2v) is 6.73. The fraction of sp³-hybridized carbons (Fsp3) is 0.421. The molecule has 0 spiro atoms. The van der Waals surface area contributed by atoms with E-state index in [0.717, 1.165) is 37.7 Å². The van der Waals surface area contributed by atoms with Gasteiger partial charge in [-0.3, -0.25) is 9.97 Å². The van der Waals surface area contributed by atoms with Gasteiger partial charge in [-0.2, -0.15) is 0 Å². The number of carboxylic acid groups (broad SMARTS) is 1. The minimum absolute atomic E-state index is 0.0219. The van der Waals surface area contributed by atoms with E-state index in [2.05, 4.69) is 28.7 Å². The molecular weight excluding hydrogens is 321 g/mol. The molecule has 0 aliphatic carbocycles. The van der Waals surface area contributed by atoms with Crippen molar-refractivity contribution in [2.75, 3.05) is 13.1 Å². The van der Waals surface area contributed by atoms with Crippen LogP contribution >= 0.6 is 0 Å². The Morgan fingerprint density at radius 3 is 2.52 bits per heavy atom. The Kier molecular flexibility index (Phi) is 5.08. The van der Waals surface area contributed by atoms with Gasteiger partial charge in [0.25, 0.3) is 0 Å². The van der Waals surface area contributed by atoms with Crippen LogP contribution in [0.15, 0.2) is 30.6 Å². The molecule has 1 aliphatic heterocycles. The standard InChI is InChI=1S/C19H22FN3O2/c1-12(2)23-7-5-13(6-8-23)17-10-22-18(11-21-17)16-9-14(20)3-4-15(16)19(24)25/h3-4,9-13H,5-8H2,1-2H3,(H,24,25). The highest BCUT2D eigenvalue weighted by Gasteiger charge is 2.23. The molecule has 0 atom stereocenters. The van der Waals surface area contributed by atoms with Gasteiger partial charge in [0.2, 0.25) is 0 Å². The van der Waals surface area contributed by atoms with E-state index in [1.54, 1.807) is 12.4 Å². The predicted molar refractivity (Wildman–Crippen MR) is 93.1 cm³/mol. The van der Waals surface area contributed by atoms with E-state index in [1.807, 2.05) is 0 Å². The fourth-order valence-electron chi connectivity index (χ4n) is 3.31. The Balaban J connectivity index is 1.80. The van der Waals surface area contributed by atoms with Crippen LogP contribution < -0.4 is 0 Å². The summed E-state index contributed by atoms with van der Waals surface area (Å²) < 4.78 is 13.5. The van der Waals surface area contributed by atoms with Crippen LogP contribution in [0.25, 0.3) is 11.3 Å². The van der Waals surface area contributed by atoms with Crippen molar-refractivity contribution in [3.05, 3.63) is 47.7 Å². The van der Waals surface area contributed by atoms with Crippen LogP contribution in [0.4, 0.5) is 4.39 Å². The van der Waals surface area contributed by atoms with Gasteiger partial charge in [-0.25, -0.2) is 9.18 Å². The van der Waals surface area contributed by atoms with E-state index in [1.165, 1.54) is 12.1 Å². The van der Waals surface area contributed by atoms with Gasteiger partial charge in [0.05, 0.1) is 23.1 Å². The fourth-order valence-corrected chi connectivity index (χ4v) is 3.31. The number of benzene rings is 1. The van der Waals surface area contributed by atoms with Gasteiger partial charge in [-0.05, 0) is 58.0 Å². The maximum atomic E-state index is 13.5. The van der Waals surface area contributed by atoms with Crippen LogP contribution in [-0.4, -0.2) is 45.1 Å². The van der Waals surface area contributed by atoms with Crippen molar-refractivity contribution in [1.29, 1.82) is 0 Å². The molecule has 0 radical (unpaired) electrons. The lowest BCUT2D eigenvalue weighted by atomic mass is 9.93. The number of carbonyl (C=O) groups is 1. The van der Waals surface area contributed by atoms with Crippen LogP contribution in [-0.2, 0) is 0 Å². The summed E-state index contributed by atoms with van der Waals surface area (Å²) in [6.45, 7) is 6.49. The Hall–Kier alpha value is -2.34. The normalized spacial score (nSPS) is 16.3. The first kappa shape index (κ1) is 17.5. The third-order valence-corrected chi connectivity index (χ3v) is 4.84. The van der Waals surface area contributed by atoms with Crippen molar-refractivity contribution in [2.24, 2.45) is 0 Å². The van der Waals surface area contributed by atoms with E-state index in [-0.39, 0.29) is 11.1 Å². The van der Waals surface area contributed by atoms with Crippen LogP contribution in [0.3, 0.4) is 0 Å². The largest absolute Gasteiger partial charge is 0.478 e. The second kappa shape index (κ2) is 7.27. The zero-order valence-corrected chi connectivity index (χ0v) is 14.4. The zero-order chi connectivity index (χ0) is 18.0. The van der Waals surface area contributed by atoms with Gasteiger partial charge in [0.1, 0.15) is 5.82 Å². The molecule has 5 nitrogen and oxygen atoms in total. The van der Waals surface area contributed by atoms with Crippen molar-refractivity contribution in [3.8, 4) is 11.3 Å². The first-order chi connectivity index (χ1) is 12.0. The number of aromatic nitrogens is 2. The van der Waals surface area contributed by atoms with Crippen LogP contribution in [0.5, 0.6) is 0 Å². The molecular formula is C19H22FN3O2. The number of halogens is 1. The van der Waals surface area contributed by atoms with E-state index >= 15 is 0 Å². The number of hydrogen-bond donors (Lipinski definition) is 1. The first-order valence-corrected chi connectivity index (χ1v) is 8.55. The minimum Gasteiger partial charge on any atom is -0.478 e. The summed E-state index contributed by atoms with van der Waals surface area (Å²) in [5, 5.41) is 9.27. The van der Waals surface area contributed by atoms with Crippen molar-refractivity contribution < 1.29 is 14.3 Å². The highest BCUT2D eigenvalue weighted by atomic mass is 19.1. The second-order valence-electron chi connectivity index (χ2n) is 6.73. The minimum atomic E-state index is -1.11. The Bertz CT molecular complexity index is 754. The molecule has 1 aliphatic rings. The summed E-state index contributed by atoms with van der Waals surface area (Å²) in [7, 11) is 0. The lowest BCUT2D eigenvalue weighted by Gasteiger charge is -2.34. The molecule has 0 unspecified atom stereocenters. The molecule has 1 aromatic heterocycles. The topological polar surface area (TPSA) is 66.3 Å². The summed E-state index contributed by atoms with van der Waals surface area (Å²) in [4.78, 5) is 22.6. The average Bonchev–Trinajstić information content (AvgIpc) is 2.61. The van der Waals surface area contributed by atoms with E-state index < -0.39 is 11.8 Å². The maximum Gasteiger partial charge on any atom is 0.336 e. The average molecular weight is 343 g/mol. The third-order valence-electron chi connectivity index (χ3n) is 4.84. The number of carboxylic acids is 1. The number of rotatable bonds is 4. The third kappa shape index (κ3) is 3.85. The van der Waals surface area contributed by atoms with Crippen molar-refractivity contribution in [3.63, 3.8) is 0 Å². The highest BCUT2D eigenvalue weighted by Crippen LogP contribution is 2.29. The lowest BCUT2D eigenvalue weighted by Crippen LogP contribution is -2.38. The van der Waals surface area contributed by atoms with Crippen LogP contribution in [0.1, 0.15) is 48.7 Å². The summed E-state index contributed by atoms with van der Waals surface area (Å²) in [5.41, 5.74) is 1.57. The smallest absolute Gasteiger partial charge is 0.336 e. The zero-order valence-electron chi connectivity index (χ0n) is 14.4. The molecule has 6 heteroatoms. The van der Waals surface area contributed by atoms with E-state index in [9.17, 15) is 14.3 Å². The number of likely N-dealkylation sites (tertiary alicyclic amines) is 1. The Morgan fingerprint density at radius 1 is 1.24 bits per heavy atom. The van der Waals surface area contributed by atoms with E-state index in [4.69, 9.17) is 0 Å². The number of hydrogen-bond acceptors (Lipinski definition) is 4. The molecule has 1 fully saturated rings. The SMILES string of the molecule is CC(C)N1CCC(c2cnc(-c3cc(F)ccc3C(=O)O)cn2)CC1.